The van der Waals surface area contributed by atoms with Crippen LogP contribution in [0.2, 0.25) is 0 Å². The SMILES string of the molecule is CC[C@@H]1C(=O)N(C)c2cnc(Nc3ccc(C(=O)NCCCOCCCN(C)CCC#Cc4cccc5c4CN(C4CCC(=O)NC4=O)C5=O)cc3OC)nc2N1C1CCCC1. The maximum atomic E-state index is 13.3. The lowest BCUT2D eigenvalue weighted by atomic mass is 10.0. The lowest BCUT2D eigenvalue weighted by Crippen LogP contribution is -2.55. The van der Waals surface area contributed by atoms with E-state index >= 15 is 0 Å². The number of fused-ring (bicyclic) bond motifs is 2. The summed E-state index contributed by atoms with van der Waals surface area (Å²) in [6, 6.07) is 10.0. The highest BCUT2D eigenvalue weighted by Gasteiger charge is 2.42. The molecule has 7 rings (SSSR count). The molecule has 1 aliphatic carbocycles. The van der Waals surface area contributed by atoms with Crippen LogP contribution in [-0.2, 0) is 25.7 Å². The summed E-state index contributed by atoms with van der Waals surface area (Å²) < 4.78 is 11.5. The third kappa shape index (κ3) is 9.85. The predicted octanol–water partition coefficient (Wildman–Crippen LogP) is 4.39. The highest BCUT2D eigenvalue weighted by Crippen LogP contribution is 2.40. The highest BCUT2D eigenvalue weighted by atomic mass is 16.5. The van der Waals surface area contributed by atoms with Crippen molar-refractivity contribution in [3.05, 3.63) is 64.8 Å². The summed E-state index contributed by atoms with van der Waals surface area (Å²) in [4.78, 5) is 80.4. The van der Waals surface area contributed by atoms with Crippen molar-refractivity contribution in [2.75, 3.05) is 69.2 Å². The van der Waals surface area contributed by atoms with Crippen LogP contribution in [0.5, 0.6) is 5.75 Å². The Morgan fingerprint density at radius 1 is 1.05 bits per heavy atom. The molecule has 0 radical (unpaired) electrons. The maximum Gasteiger partial charge on any atom is 0.255 e. The third-order valence-corrected chi connectivity index (χ3v) is 12.1. The summed E-state index contributed by atoms with van der Waals surface area (Å²) in [6.07, 6.45) is 9.45. The van der Waals surface area contributed by atoms with Crippen molar-refractivity contribution in [3.8, 4) is 17.6 Å². The number of benzene rings is 2. The Morgan fingerprint density at radius 3 is 2.63 bits per heavy atom. The Labute approximate surface area is 363 Å². The second-order valence-corrected chi connectivity index (χ2v) is 16.3. The number of hydrogen-bond donors (Lipinski definition) is 3. The summed E-state index contributed by atoms with van der Waals surface area (Å²) in [7, 11) is 5.38. The van der Waals surface area contributed by atoms with E-state index in [9.17, 15) is 24.0 Å². The number of ether oxygens (including phenoxy) is 2. The minimum atomic E-state index is -0.652. The second-order valence-electron chi connectivity index (χ2n) is 16.3. The van der Waals surface area contributed by atoms with Crippen LogP contribution < -0.4 is 30.5 Å². The van der Waals surface area contributed by atoms with E-state index in [1.807, 2.05) is 26.1 Å². The average molecular weight is 848 g/mol. The molecule has 3 aliphatic heterocycles. The zero-order chi connectivity index (χ0) is 43.8. The Morgan fingerprint density at radius 2 is 1.85 bits per heavy atom. The Kier molecular flexibility index (Phi) is 14.4. The molecule has 5 amide bonds. The summed E-state index contributed by atoms with van der Waals surface area (Å²) >= 11 is 0. The van der Waals surface area contributed by atoms with E-state index < -0.39 is 11.9 Å². The summed E-state index contributed by atoms with van der Waals surface area (Å²) in [6.45, 7) is 5.55. The van der Waals surface area contributed by atoms with Crippen molar-refractivity contribution in [2.45, 2.75) is 95.8 Å². The number of imide groups is 1. The van der Waals surface area contributed by atoms with Crippen LogP contribution in [0, 0.1) is 11.8 Å². The van der Waals surface area contributed by atoms with Crippen LogP contribution in [-0.4, -0.2) is 121 Å². The summed E-state index contributed by atoms with van der Waals surface area (Å²) in [5.74, 6) is 6.99. The molecule has 16 heteroatoms. The Hall–Kier alpha value is -6.05. The Bertz CT molecular complexity index is 2230. The van der Waals surface area contributed by atoms with E-state index in [0.29, 0.717) is 86.2 Å². The smallest absolute Gasteiger partial charge is 0.255 e. The van der Waals surface area contributed by atoms with Crippen molar-refractivity contribution in [1.82, 2.24) is 30.4 Å². The van der Waals surface area contributed by atoms with Gasteiger partial charge in [0, 0.05) is 82.0 Å². The summed E-state index contributed by atoms with van der Waals surface area (Å²) in [5, 5.41) is 8.58. The number of likely N-dealkylation sites (N-methyl/N-ethyl adjacent to an activating group) is 1. The summed E-state index contributed by atoms with van der Waals surface area (Å²) in [5.41, 5.74) is 3.94. The van der Waals surface area contributed by atoms with Gasteiger partial charge < -0.3 is 39.7 Å². The molecule has 4 heterocycles. The van der Waals surface area contributed by atoms with E-state index in [0.717, 1.165) is 62.1 Å². The fraction of sp³-hybridized carbons (Fsp3) is 0.500. The van der Waals surface area contributed by atoms with Crippen molar-refractivity contribution < 1.29 is 33.4 Å². The van der Waals surface area contributed by atoms with E-state index in [1.54, 1.807) is 54.4 Å². The number of piperidine rings is 1. The average Bonchev–Trinajstić information content (AvgIpc) is 3.93. The zero-order valence-corrected chi connectivity index (χ0v) is 36.1. The molecule has 1 saturated heterocycles. The highest BCUT2D eigenvalue weighted by molar-refractivity contribution is 6.06. The van der Waals surface area contributed by atoms with Crippen molar-refractivity contribution in [3.63, 3.8) is 0 Å². The molecule has 2 fully saturated rings. The van der Waals surface area contributed by atoms with Gasteiger partial charge in [0.1, 0.15) is 23.5 Å². The van der Waals surface area contributed by atoms with Crippen LogP contribution in [0.3, 0.4) is 0 Å². The van der Waals surface area contributed by atoms with Gasteiger partial charge in [0.05, 0.1) is 19.0 Å². The first-order valence-electron chi connectivity index (χ1n) is 21.8. The van der Waals surface area contributed by atoms with Crippen molar-refractivity contribution >= 4 is 52.7 Å². The van der Waals surface area contributed by atoms with Gasteiger partial charge >= 0.3 is 0 Å². The number of carbonyl (C=O) groups excluding carboxylic acids is 5. The molecule has 1 aromatic heterocycles. The quantitative estimate of drug-likeness (QED) is 0.0994. The molecular formula is C46H57N9O7. The molecule has 1 unspecified atom stereocenters. The number of hydrogen-bond acceptors (Lipinski definition) is 12. The monoisotopic (exact) mass is 847 g/mol. The van der Waals surface area contributed by atoms with Gasteiger partial charge in [-0.1, -0.05) is 37.7 Å². The first kappa shape index (κ1) is 44.0. The van der Waals surface area contributed by atoms with Crippen LogP contribution in [0.4, 0.5) is 23.1 Å². The first-order valence-corrected chi connectivity index (χ1v) is 21.8. The zero-order valence-electron chi connectivity index (χ0n) is 36.1. The van der Waals surface area contributed by atoms with Crippen LogP contribution in [0.1, 0.15) is 103 Å². The van der Waals surface area contributed by atoms with Crippen molar-refractivity contribution in [1.29, 1.82) is 0 Å². The third-order valence-electron chi connectivity index (χ3n) is 12.1. The van der Waals surface area contributed by atoms with Crippen molar-refractivity contribution in [2.24, 2.45) is 0 Å². The first-order chi connectivity index (χ1) is 30.1. The van der Waals surface area contributed by atoms with Gasteiger partial charge in [0.15, 0.2) is 5.82 Å². The van der Waals surface area contributed by atoms with E-state index in [-0.39, 0.29) is 42.1 Å². The molecule has 2 aromatic carbocycles. The molecule has 2 atom stereocenters. The fourth-order valence-electron chi connectivity index (χ4n) is 8.74. The lowest BCUT2D eigenvalue weighted by Gasteiger charge is -2.43. The number of carbonyl (C=O) groups is 5. The van der Waals surface area contributed by atoms with E-state index in [2.05, 4.69) is 42.6 Å². The molecule has 328 valence electrons. The van der Waals surface area contributed by atoms with Gasteiger partial charge in [-0.05, 0) is 81.5 Å². The molecule has 62 heavy (non-hydrogen) atoms. The molecule has 1 saturated carbocycles. The number of aromatic nitrogens is 2. The largest absolute Gasteiger partial charge is 0.495 e. The van der Waals surface area contributed by atoms with Gasteiger partial charge in [-0.15, -0.1) is 0 Å². The van der Waals surface area contributed by atoms with E-state index in [1.165, 1.54) is 0 Å². The molecule has 0 spiro atoms. The molecule has 4 aliphatic rings. The number of methoxy groups -OCH3 is 1. The van der Waals surface area contributed by atoms with Gasteiger partial charge in [-0.3, -0.25) is 29.3 Å². The lowest BCUT2D eigenvalue weighted by molar-refractivity contribution is -0.137. The van der Waals surface area contributed by atoms with Gasteiger partial charge in [-0.25, -0.2) is 4.98 Å². The molecule has 3 aromatic rings. The fourth-order valence-corrected chi connectivity index (χ4v) is 8.74. The van der Waals surface area contributed by atoms with Gasteiger partial charge in [-0.2, -0.15) is 4.98 Å². The number of rotatable bonds is 17. The van der Waals surface area contributed by atoms with E-state index in [4.69, 9.17) is 14.5 Å². The molecule has 16 nitrogen and oxygen atoms in total. The Balaban J connectivity index is 0.803. The number of anilines is 4. The predicted molar refractivity (Wildman–Crippen MR) is 234 cm³/mol. The minimum Gasteiger partial charge on any atom is -0.495 e. The maximum absolute atomic E-state index is 13.3. The van der Waals surface area contributed by atoms with Crippen LogP contribution >= 0.6 is 0 Å². The van der Waals surface area contributed by atoms with Gasteiger partial charge in [0.2, 0.25) is 23.7 Å². The standard InChI is InChI=1S/C46H57N9O7/c1-5-36-45(60)53(3)38-28-48-46(51-41(38)55(36)32-15-6-7-16-32)49-35-19-18-31(27-39(35)61-4)42(57)47-22-11-25-62-26-12-24-52(2)23-9-8-13-30-14-10-17-33-34(30)29-54(44(33)59)37-20-21-40(56)50-43(37)58/h10,14,17-19,27-28,32,36-37H,5-7,9,11-12,15-16,20-26,29H2,1-4H3,(H,47,57)(H,48,49,51)(H,50,56,58)/t36-,37?/m1/s1. The topological polar surface area (TPSA) is 179 Å². The van der Waals surface area contributed by atoms with Gasteiger partial charge in [0.25, 0.3) is 11.8 Å². The molecular weight excluding hydrogens is 791 g/mol. The molecule has 3 N–H and O–H groups in total. The molecule has 0 bridgehead atoms. The number of amides is 5. The second kappa shape index (κ2) is 20.2. The van der Waals surface area contributed by atoms with Crippen LogP contribution in [0.15, 0.2) is 42.6 Å². The number of nitrogens with zero attached hydrogens (tertiary/aromatic N) is 6. The normalized spacial score (nSPS) is 18.7. The minimum absolute atomic E-state index is 0.0639. The number of nitrogens with one attached hydrogen (secondary N) is 3. The van der Waals surface area contributed by atoms with Crippen LogP contribution in [0.25, 0.3) is 0 Å².